The van der Waals surface area contributed by atoms with Crippen LogP contribution in [-0.4, -0.2) is 101 Å². The highest BCUT2D eigenvalue weighted by Crippen LogP contribution is 2.38. The number of rotatable bonds is 30. The van der Waals surface area contributed by atoms with E-state index in [-0.39, 0.29) is 53.0 Å². The molecule has 8 rings (SSSR count). The van der Waals surface area contributed by atoms with Crippen LogP contribution >= 0.6 is 11.8 Å². The van der Waals surface area contributed by atoms with Crippen LogP contribution in [0.2, 0.25) is 0 Å². The molecule has 3 atom stereocenters. The van der Waals surface area contributed by atoms with Gasteiger partial charge in [-0.25, -0.2) is 14.6 Å². The van der Waals surface area contributed by atoms with Crippen LogP contribution in [0.3, 0.4) is 0 Å². The fourth-order valence-corrected chi connectivity index (χ4v) is 12.4. The lowest BCUT2D eigenvalue weighted by atomic mass is 9.81. The molecule has 84 heavy (non-hydrogen) atoms. The third-order valence-corrected chi connectivity index (χ3v) is 17.4. The van der Waals surface area contributed by atoms with Gasteiger partial charge in [0, 0.05) is 36.5 Å². The van der Waals surface area contributed by atoms with Crippen molar-refractivity contribution in [2.45, 2.75) is 171 Å². The van der Waals surface area contributed by atoms with Crippen LogP contribution in [0.4, 0.5) is 0 Å². The predicted molar refractivity (Wildman–Crippen MR) is 321 cm³/mol. The van der Waals surface area contributed by atoms with Gasteiger partial charge in [-0.3, -0.25) is 19.4 Å². The summed E-state index contributed by atoms with van der Waals surface area (Å²) in [7, 11) is 0. The summed E-state index contributed by atoms with van der Waals surface area (Å²) in [4.78, 5) is 68.0. The van der Waals surface area contributed by atoms with Crippen molar-refractivity contribution in [2.24, 2.45) is 33.8 Å². The Labute approximate surface area is 498 Å². The topological polar surface area (TPSA) is 207 Å². The molecule has 452 valence electrons. The molecule has 0 amide bonds. The summed E-state index contributed by atoms with van der Waals surface area (Å²) in [5.41, 5.74) is 0.518. The minimum Gasteiger partial charge on any atom is -0.498 e. The van der Waals surface area contributed by atoms with E-state index in [1.807, 2.05) is 17.2 Å². The number of aliphatic hydroxyl groups excluding tert-OH is 1. The summed E-state index contributed by atoms with van der Waals surface area (Å²) in [6, 6.07) is 12.3. The first-order valence-electron chi connectivity index (χ1n) is 30.4. The highest BCUT2D eigenvalue weighted by molar-refractivity contribution is 8.14. The van der Waals surface area contributed by atoms with Crippen molar-refractivity contribution in [3.8, 4) is 23.0 Å². The van der Waals surface area contributed by atoms with Crippen LogP contribution in [0, 0.1) is 23.7 Å². The molecule has 17 nitrogen and oxygen atoms in total. The van der Waals surface area contributed by atoms with Crippen LogP contribution in [0.1, 0.15) is 153 Å². The van der Waals surface area contributed by atoms with E-state index in [9.17, 15) is 29.1 Å². The number of carbonyl (C=O) groups is 5. The summed E-state index contributed by atoms with van der Waals surface area (Å²) >= 11 is 1.70. The third kappa shape index (κ3) is 19.8. The molecule has 0 radical (unpaired) electrons. The zero-order chi connectivity index (χ0) is 58.9. The molecule has 1 heterocycles. The quantitative estimate of drug-likeness (QED) is 0.0113. The molecule has 2 aromatic carbocycles. The Kier molecular flexibility index (Phi) is 25.2. The van der Waals surface area contributed by atoms with E-state index in [0.717, 1.165) is 94.1 Å². The molecule has 0 saturated heterocycles. The zero-order valence-corrected chi connectivity index (χ0v) is 49.2. The lowest BCUT2D eigenvalue weighted by molar-refractivity contribution is -0.148. The summed E-state index contributed by atoms with van der Waals surface area (Å²) in [5.74, 6) is 0.125. The van der Waals surface area contributed by atoms with Gasteiger partial charge in [0.2, 0.25) is 0 Å². The number of hydrogen-bond donors (Lipinski definition) is 1. The SMILES string of the molecule is C=CC(=O)OCCCCCCOC1=CC=C(OC(=O)C2CCC(C(=O)Oc3ccc(O[C@@H](O)C4CCC(C(=O)Oc5ccc(OCCCCCCOC(=O)C=C)cc5)CC4)c(/C=N/N(C4=NC5C=CC=CC5S4)C4CCCCC4)c3)CC2)CC1. The van der Waals surface area contributed by atoms with Crippen molar-refractivity contribution in [3.63, 3.8) is 0 Å². The van der Waals surface area contributed by atoms with Gasteiger partial charge in [-0.2, -0.15) is 5.10 Å². The predicted octanol–water partition coefficient (Wildman–Crippen LogP) is 12.5. The van der Waals surface area contributed by atoms with E-state index in [2.05, 4.69) is 31.4 Å². The smallest absolute Gasteiger partial charge is 0.330 e. The van der Waals surface area contributed by atoms with Crippen molar-refractivity contribution >= 4 is 53.0 Å². The number of aliphatic hydroxyl groups is 1. The van der Waals surface area contributed by atoms with Gasteiger partial charge in [0.05, 0.1) is 73.5 Å². The van der Waals surface area contributed by atoms with Crippen molar-refractivity contribution in [1.82, 2.24) is 5.01 Å². The van der Waals surface area contributed by atoms with Gasteiger partial charge in [-0.15, -0.1) is 0 Å². The van der Waals surface area contributed by atoms with Gasteiger partial charge in [0.1, 0.15) is 28.8 Å². The van der Waals surface area contributed by atoms with Crippen molar-refractivity contribution < 1.29 is 67.0 Å². The Morgan fingerprint density at radius 2 is 1.15 bits per heavy atom. The van der Waals surface area contributed by atoms with Gasteiger partial charge < -0.3 is 43.0 Å². The van der Waals surface area contributed by atoms with Crippen molar-refractivity contribution in [3.05, 3.63) is 121 Å². The van der Waals surface area contributed by atoms with Crippen LogP contribution in [0.25, 0.3) is 0 Å². The number of unbranched alkanes of at least 4 members (excludes halogenated alkanes) is 6. The number of carbonyl (C=O) groups excluding carboxylic acids is 5. The fraction of sp³-hybridized carbons (Fsp3) is 0.530. The Morgan fingerprint density at radius 3 is 1.76 bits per heavy atom. The minimum absolute atomic E-state index is 0.0314. The molecule has 3 fully saturated rings. The van der Waals surface area contributed by atoms with Gasteiger partial charge >= 0.3 is 29.8 Å². The molecular weight excluding hydrogens is 1090 g/mol. The number of thioether (sulfide) groups is 1. The molecule has 5 aliphatic carbocycles. The third-order valence-electron chi connectivity index (χ3n) is 16.1. The van der Waals surface area contributed by atoms with E-state index in [0.29, 0.717) is 125 Å². The number of fused-ring (bicyclic) bond motifs is 1. The number of amidine groups is 1. The number of ether oxygens (including phenoxy) is 8. The second-order valence-corrected chi connectivity index (χ2v) is 23.4. The second kappa shape index (κ2) is 33.5. The summed E-state index contributed by atoms with van der Waals surface area (Å²) in [6.07, 6.45) is 32.6. The summed E-state index contributed by atoms with van der Waals surface area (Å²) in [5, 5.41) is 19.9. The van der Waals surface area contributed by atoms with Crippen molar-refractivity contribution in [1.29, 1.82) is 0 Å². The largest absolute Gasteiger partial charge is 0.498 e. The van der Waals surface area contributed by atoms with E-state index in [4.69, 9.17) is 48.0 Å². The molecule has 2 unspecified atom stereocenters. The average Bonchev–Trinajstić information content (AvgIpc) is 4.03. The van der Waals surface area contributed by atoms with E-state index < -0.39 is 24.1 Å². The number of hydrazone groups is 1. The highest BCUT2D eigenvalue weighted by atomic mass is 32.2. The molecule has 3 saturated carbocycles. The Hall–Kier alpha value is -6.92. The molecule has 1 aliphatic heterocycles. The fourth-order valence-electron chi connectivity index (χ4n) is 11.2. The van der Waals surface area contributed by atoms with Gasteiger partial charge in [-0.05, 0) is 170 Å². The summed E-state index contributed by atoms with van der Waals surface area (Å²) in [6.45, 7) is 8.69. The lowest BCUT2D eigenvalue weighted by Gasteiger charge is -2.32. The maximum atomic E-state index is 13.8. The van der Waals surface area contributed by atoms with Crippen molar-refractivity contribution in [2.75, 3.05) is 26.4 Å². The monoisotopic (exact) mass is 1170 g/mol. The molecule has 1 N–H and O–H groups in total. The first kappa shape index (κ1) is 63.1. The zero-order valence-electron chi connectivity index (χ0n) is 48.4. The molecule has 0 spiro atoms. The number of allylic oxidation sites excluding steroid dienone is 6. The lowest BCUT2D eigenvalue weighted by Crippen LogP contribution is -2.36. The molecule has 18 heteroatoms. The van der Waals surface area contributed by atoms with Gasteiger partial charge in [0.25, 0.3) is 0 Å². The van der Waals surface area contributed by atoms with E-state index >= 15 is 0 Å². The first-order valence-corrected chi connectivity index (χ1v) is 31.3. The second-order valence-electron chi connectivity index (χ2n) is 22.3. The van der Waals surface area contributed by atoms with Crippen LogP contribution in [0.15, 0.2) is 126 Å². The number of esters is 5. The molecule has 0 bridgehead atoms. The van der Waals surface area contributed by atoms with Gasteiger partial charge in [-0.1, -0.05) is 68.5 Å². The number of hydrogen-bond acceptors (Lipinski definition) is 18. The van der Waals surface area contributed by atoms with E-state index in [1.165, 1.54) is 12.5 Å². The Morgan fingerprint density at radius 1 is 0.619 bits per heavy atom. The van der Waals surface area contributed by atoms with Crippen LogP contribution in [0.5, 0.6) is 23.0 Å². The first-order chi connectivity index (χ1) is 41.0. The Balaban J connectivity index is 0.828. The maximum Gasteiger partial charge on any atom is 0.330 e. The maximum absolute atomic E-state index is 13.8. The standard InChI is InChI=1S/C66H83N3O14S/c1-3-60(70)78-42-16-7-5-14-40-76-52-30-34-54(35-31-52)80-62(72)46-22-24-48(25-23-46)64(74)82-56-38-39-58(50(44-56)45-67-69(51-18-10-9-11-19-51)66-68-57-20-12-13-21-59(57)84-66)83-65(75)49-28-26-47(27-29-49)63(73)81-55-36-32-53(33-37-55)77-41-15-6-8-17-43-79-61(71)4-2/h3-4,12-13,20-21,30,32-34,36-39,44-49,51,57,59,65,75H,1-2,5-11,14-19,22-29,31,35,40-43H2/b67-45+/t46?,47?,48?,49?,57?,59?,65-/m1/s1. The Bertz CT molecular complexity index is 2730. The number of nitrogens with zero attached hydrogens (tertiary/aromatic N) is 3. The number of benzene rings is 2. The summed E-state index contributed by atoms with van der Waals surface area (Å²) < 4.78 is 45.9. The highest BCUT2D eigenvalue weighted by Gasteiger charge is 2.36. The minimum atomic E-state index is -1.19. The number of aliphatic imine (C=N–C) groups is 1. The van der Waals surface area contributed by atoms with Crippen LogP contribution < -0.4 is 18.9 Å². The van der Waals surface area contributed by atoms with E-state index in [1.54, 1.807) is 66.5 Å². The molecular formula is C66H83N3O14S. The normalized spacial score (nSPS) is 22.5. The molecule has 6 aliphatic rings. The molecule has 0 aromatic heterocycles. The average molecular weight is 1170 g/mol. The van der Waals surface area contributed by atoms with Gasteiger partial charge in [0.15, 0.2) is 11.5 Å². The van der Waals surface area contributed by atoms with Crippen LogP contribution in [-0.2, 0) is 42.9 Å². The molecule has 2 aromatic rings.